The standard InChI is InChI=1S/C18H31NO2/c1-12(9-18(5,6)20-7)19-15-10-17(3,4)11-16-14(15)8-13(2)21-16/h8,12,15,19H,9-11H2,1-7H3. The lowest BCUT2D eigenvalue weighted by Gasteiger charge is -2.37. The second-order valence-corrected chi connectivity index (χ2v) is 8.07. The van der Waals surface area contributed by atoms with Crippen molar-refractivity contribution in [2.45, 2.75) is 78.5 Å². The van der Waals surface area contributed by atoms with Crippen LogP contribution < -0.4 is 5.32 Å². The first-order valence-corrected chi connectivity index (χ1v) is 8.02. The molecule has 1 aliphatic carbocycles. The van der Waals surface area contributed by atoms with Gasteiger partial charge in [0.15, 0.2) is 0 Å². The van der Waals surface area contributed by atoms with E-state index in [1.807, 2.05) is 6.92 Å². The van der Waals surface area contributed by atoms with Gasteiger partial charge in [0.2, 0.25) is 0 Å². The van der Waals surface area contributed by atoms with Crippen LogP contribution >= 0.6 is 0 Å². The number of hydrogen-bond donors (Lipinski definition) is 1. The van der Waals surface area contributed by atoms with E-state index >= 15 is 0 Å². The van der Waals surface area contributed by atoms with Gasteiger partial charge in [0, 0.05) is 31.2 Å². The summed E-state index contributed by atoms with van der Waals surface area (Å²) in [5, 5.41) is 3.79. The molecule has 0 aliphatic heterocycles. The Hall–Kier alpha value is -0.800. The second kappa shape index (κ2) is 5.77. The SMILES string of the molecule is COC(C)(C)CC(C)NC1CC(C)(C)Cc2oc(C)cc21. The van der Waals surface area contributed by atoms with Crippen molar-refractivity contribution in [3.8, 4) is 0 Å². The maximum atomic E-state index is 5.91. The topological polar surface area (TPSA) is 34.4 Å². The van der Waals surface area contributed by atoms with Crippen molar-refractivity contribution in [1.29, 1.82) is 0 Å². The highest BCUT2D eigenvalue weighted by Gasteiger charge is 2.35. The summed E-state index contributed by atoms with van der Waals surface area (Å²) >= 11 is 0. The van der Waals surface area contributed by atoms with Gasteiger partial charge in [0.05, 0.1) is 5.60 Å². The Kier molecular flexibility index (Phi) is 4.55. The molecule has 0 spiro atoms. The average Bonchev–Trinajstić information content (AvgIpc) is 2.67. The van der Waals surface area contributed by atoms with Crippen molar-refractivity contribution >= 4 is 0 Å². The zero-order valence-corrected chi connectivity index (χ0v) is 14.7. The molecule has 0 radical (unpaired) electrons. The number of nitrogens with one attached hydrogen (secondary N) is 1. The maximum absolute atomic E-state index is 5.91. The monoisotopic (exact) mass is 293 g/mol. The van der Waals surface area contributed by atoms with Crippen LogP contribution in [-0.2, 0) is 11.2 Å². The Balaban J connectivity index is 2.12. The van der Waals surface area contributed by atoms with Crippen molar-refractivity contribution in [3.05, 3.63) is 23.2 Å². The normalized spacial score (nSPS) is 22.9. The molecule has 0 bridgehead atoms. The highest BCUT2D eigenvalue weighted by atomic mass is 16.5. The zero-order chi connectivity index (χ0) is 15.8. The first-order valence-electron chi connectivity index (χ1n) is 8.02. The summed E-state index contributed by atoms with van der Waals surface area (Å²) in [7, 11) is 1.79. The van der Waals surface area contributed by atoms with Crippen molar-refractivity contribution in [2.24, 2.45) is 5.41 Å². The molecule has 0 saturated heterocycles. The molecule has 1 N–H and O–H groups in total. The Labute approximate surface area is 129 Å². The van der Waals surface area contributed by atoms with E-state index in [0.29, 0.717) is 12.1 Å². The summed E-state index contributed by atoms with van der Waals surface area (Å²) in [4.78, 5) is 0. The van der Waals surface area contributed by atoms with Gasteiger partial charge in [0.1, 0.15) is 11.5 Å². The van der Waals surface area contributed by atoms with Crippen LogP contribution in [0.15, 0.2) is 10.5 Å². The van der Waals surface area contributed by atoms with Crippen LogP contribution in [0.2, 0.25) is 0 Å². The van der Waals surface area contributed by atoms with Gasteiger partial charge >= 0.3 is 0 Å². The highest BCUT2D eigenvalue weighted by Crippen LogP contribution is 2.42. The molecule has 0 aromatic carbocycles. The summed E-state index contributed by atoms with van der Waals surface area (Å²) < 4.78 is 11.5. The molecule has 0 fully saturated rings. The molecule has 0 amide bonds. The maximum Gasteiger partial charge on any atom is 0.109 e. The van der Waals surface area contributed by atoms with Gasteiger partial charge < -0.3 is 14.5 Å². The molecule has 1 aromatic heterocycles. The predicted molar refractivity (Wildman–Crippen MR) is 86.6 cm³/mol. The molecule has 21 heavy (non-hydrogen) atoms. The molecular weight excluding hydrogens is 262 g/mol. The van der Waals surface area contributed by atoms with E-state index in [4.69, 9.17) is 9.15 Å². The van der Waals surface area contributed by atoms with Crippen LogP contribution in [0, 0.1) is 12.3 Å². The number of ether oxygens (including phenoxy) is 1. The molecular formula is C18H31NO2. The van der Waals surface area contributed by atoms with Crippen LogP contribution in [0.3, 0.4) is 0 Å². The molecule has 120 valence electrons. The van der Waals surface area contributed by atoms with E-state index in [1.54, 1.807) is 7.11 Å². The van der Waals surface area contributed by atoms with Crippen LogP contribution in [-0.4, -0.2) is 18.8 Å². The Morgan fingerprint density at radius 1 is 1.48 bits per heavy atom. The van der Waals surface area contributed by atoms with E-state index in [-0.39, 0.29) is 11.0 Å². The first-order chi connectivity index (χ1) is 9.62. The van der Waals surface area contributed by atoms with Gasteiger partial charge in [-0.15, -0.1) is 0 Å². The fourth-order valence-corrected chi connectivity index (χ4v) is 3.56. The number of rotatable bonds is 5. The Morgan fingerprint density at radius 3 is 2.76 bits per heavy atom. The van der Waals surface area contributed by atoms with Gasteiger partial charge in [-0.25, -0.2) is 0 Å². The minimum atomic E-state index is -0.0915. The molecule has 1 aliphatic rings. The van der Waals surface area contributed by atoms with E-state index < -0.39 is 0 Å². The number of aryl methyl sites for hydroxylation is 1. The number of fused-ring (bicyclic) bond motifs is 1. The number of methoxy groups -OCH3 is 1. The van der Waals surface area contributed by atoms with Gasteiger partial charge in [0.25, 0.3) is 0 Å². The lowest BCUT2D eigenvalue weighted by atomic mass is 9.74. The third-order valence-electron chi connectivity index (χ3n) is 4.57. The molecule has 2 rings (SSSR count). The highest BCUT2D eigenvalue weighted by molar-refractivity contribution is 5.29. The van der Waals surface area contributed by atoms with Gasteiger partial charge in [-0.2, -0.15) is 0 Å². The van der Waals surface area contributed by atoms with Gasteiger partial charge in [-0.05, 0) is 52.0 Å². The van der Waals surface area contributed by atoms with Crippen LogP contribution in [0.4, 0.5) is 0 Å². The average molecular weight is 293 g/mol. The van der Waals surface area contributed by atoms with Crippen molar-refractivity contribution < 1.29 is 9.15 Å². The molecule has 1 aromatic rings. The Bertz CT molecular complexity index is 487. The number of hydrogen-bond acceptors (Lipinski definition) is 3. The van der Waals surface area contributed by atoms with Crippen molar-refractivity contribution in [1.82, 2.24) is 5.32 Å². The van der Waals surface area contributed by atoms with Gasteiger partial charge in [-0.1, -0.05) is 13.8 Å². The zero-order valence-electron chi connectivity index (χ0n) is 14.7. The largest absolute Gasteiger partial charge is 0.466 e. The molecule has 2 unspecified atom stereocenters. The molecule has 2 atom stereocenters. The predicted octanol–water partition coefficient (Wildman–Crippen LogP) is 4.39. The van der Waals surface area contributed by atoms with E-state index in [9.17, 15) is 0 Å². The fourth-order valence-electron chi connectivity index (χ4n) is 3.56. The van der Waals surface area contributed by atoms with Crippen LogP contribution in [0.1, 0.15) is 70.6 Å². The molecule has 3 nitrogen and oxygen atoms in total. The third-order valence-corrected chi connectivity index (χ3v) is 4.57. The molecule has 0 saturated carbocycles. The summed E-state index contributed by atoms with van der Waals surface area (Å²) in [6.07, 6.45) is 3.18. The van der Waals surface area contributed by atoms with E-state index in [2.05, 4.69) is 46.0 Å². The number of furan rings is 1. The van der Waals surface area contributed by atoms with Crippen LogP contribution in [0.5, 0.6) is 0 Å². The summed E-state index contributed by atoms with van der Waals surface area (Å²) in [5.74, 6) is 2.19. The van der Waals surface area contributed by atoms with E-state index in [0.717, 1.165) is 25.0 Å². The van der Waals surface area contributed by atoms with E-state index in [1.165, 1.54) is 11.3 Å². The summed E-state index contributed by atoms with van der Waals surface area (Å²) in [6.45, 7) is 13.2. The second-order valence-electron chi connectivity index (χ2n) is 8.07. The van der Waals surface area contributed by atoms with Crippen molar-refractivity contribution in [3.63, 3.8) is 0 Å². The fraction of sp³-hybridized carbons (Fsp3) is 0.778. The molecule has 3 heteroatoms. The van der Waals surface area contributed by atoms with Gasteiger partial charge in [-0.3, -0.25) is 0 Å². The third kappa shape index (κ3) is 4.10. The smallest absolute Gasteiger partial charge is 0.109 e. The quantitative estimate of drug-likeness (QED) is 0.874. The summed E-state index contributed by atoms with van der Waals surface area (Å²) in [6, 6.07) is 2.99. The van der Waals surface area contributed by atoms with Crippen LogP contribution in [0.25, 0.3) is 0 Å². The minimum Gasteiger partial charge on any atom is -0.466 e. The Morgan fingerprint density at radius 2 is 2.14 bits per heavy atom. The lowest BCUT2D eigenvalue weighted by molar-refractivity contribution is 0.00698. The van der Waals surface area contributed by atoms with Crippen molar-refractivity contribution in [2.75, 3.05) is 7.11 Å². The lowest BCUT2D eigenvalue weighted by Crippen LogP contribution is -2.40. The first kappa shape index (κ1) is 16.6. The summed E-state index contributed by atoms with van der Waals surface area (Å²) in [5.41, 5.74) is 1.55. The minimum absolute atomic E-state index is 0.0915. The molecule has 1 heterocycles.